The molecule has 2 aliphatic heterocycles. The zero-order chi connectivity index (χ0) is 22.7. The Bertz CT molecular complexity index is 1080. The third kappa shape index (κ3) is 4.94. The molecule has 0 radical (unpaired) electrons. The van der Waals surface area contributed by atoms with Crippen molar-refractivity contribution in [3.63, 3.8) is 0 Å². The number of anilines is 2. The number of rotatable bonds is 6. The van der Waals surface area contributed by atoms with Gasteiger partial charge >= 0.3 is 0 Å². The number of aromatic nitrogens is 3. The second-order valence-corrected chi connectivity index (χ2v) is 8.45. The van der Waals surface area contributed by atoms with Crippen molar-refractivity contribution in [3.8, 4) is 0 Å². The van der Waals surface area contributed by atoms with E-state index in [0.29, 0.717) is 54.0 Å². The number of piperazine rings is 1. The van der Waals surface area contributed by atoms with E-state index >= 15 is 0 Å². The number of aromatic amines is 1. The second-order valence-electron chi connectivity index (χ2n) is 8.09. The molecular weight excluding hydrogens is 430 g/mol. The summed E-state index contributed by atoms with van der Waals surface area (Å²) in [7, 11) is 0. The molecule has 0 unspecified atom stereocenters. The number of nitrogens with one attached hydrogen (secondary N) is 1. The van der Waals surface area contributed by atoms with Crippen molar-refractivity contribution in [3.05, 3.63) is 50.9 Å². The lowest BCUT2D eigenvalue weighted by atomic mass is 10.2. The highest BCUT2D eigenvalue weighted by atomic mass is 35.5. The predicted molar refractivity (Wildman–Crippen MR) is 126 cm³/mol. The molecule has 1 amide bonds. The zero-order valence-electron chi connectivity index (χ0n) is 18.2. The van der Waals surface area contributed by atoms with E-state index in [0.717, 1.165) is 38.3 Å². The van der Waals surface area contributed by atoms with Crippen molar-refractivity contribution in [2.45, 2.75) is 26.2 Å². The predicted octanol–water partition coefficient (Wildman–Crippen LogP) is 1.63. The largest absolute Gasteiger partial charge is 0.401 e. The van der Waals surface area contributed by atoms with Gasteiger partial charge in [0.2, 0.25) is 5.91 Å². The summed E-state index contributed by atoms with van der Waals surface area (Å²) < 4.78 is 0. The van der Waals surface area contributed by atoms with Gasteiger partial charge in [0.1, 0.15) is 11.6 Å². The van der Waals surface area contributed by atoms with E-state index < -0.39 is 0 Å². The summed E-state index contributed by atoms with van der Waals surface area (Å²) in [5, 5.41) is 0.417. The first-order valence-electron chi connectivity index (χ1n) is 10.9. The van der Waals surface area contributed by atoms with Crippen LogP contribution in [-0.4, -0.2) is 65.0 Å². The molecular formula is C22H28ClN7O2. The Morgan fingerprint density at radius 2 is 2.00 bits per heavy atom. The maximum absolute atomic E-state index is 11.9. The van der Waals surface area contributed by atoms with Gasteiger partial charge in [-0.05, 0) is 25.0 Å². The van der Waals surface area contributed by atoms with Crippen LogP contribution in [0.4, 0.5) is 11.5 Å². The number of nitrogens with two attached hydrogens (primary N) is 1. The van der Waals surface area contributed by atoms with Crippen LogP contribution in [0.3, 0.4) is 0 Å². The summed E-state index contributed by atoms with van der Waals surface area (Å²) in [6.07, 6.45) is 5.38. The van der Waals surface area contributed by atoms with Crippen LogP contribution in [0.1, 0.15) is 31.2 Å². The molecule has 2 aliphatic rings. The SMILES string of the molecule is CCc1cnc(/C=C(\N)CN2CCN(c3ccc(N4CCCC4=O)nc3Cl)CC2)[nH]c1=O. The molecule has 2 fully saturated rings. The Balaban J connectivity index is 1.34. The molecule has 0 atom stereocenters. The van der Waals surface area contributed by atoms with Gasteiger partial charge < -0.3 is 15.6 Å². The molecule has 0 bridgehead atoms. The van der Waals surface area contributed by atoms with Crippen molar-refractivity contribution in [2.75, 3.05) is 49.1 Å². The van der Waals surface area contributed by atoms with Crippen molar-refractivity contribution in [1.82, 2.24) is 19.9 Å². The topological polar surface area (TPSA) is 111 Å². The molecule has 0 saturated carbocycles. The Kier molecular flexibility index (Phi) is 6.76. The van der Waals surface area contributed by atoms with E-state index in [1.54, 1.807) is 17.2 Å². The number of pyridine rings is 1. The minimum absolute atomic E-state index is 0.0983. The van der Waals surface area contributed by atoms with Crippen molar-refractivity contribution in [1.29, 1.82) is 0 Å². The third-order valence-corrected chi connectivity index (χ3v) is 6.16. The molecule has 32 heavy (non-hydrogen) atoms. The zero-order valence-corrected chi connectivity index (χ0v) is 18.9. The van der Waals surface area contributed by atoms with Crippen LogP contribution in [0.15, 0.2) is 28.8 Å². The molecule has 4 rings (SSSR count). The number of hydrogen-bond acceptors (Lipinski definition) is 7. The first-order valence-corrected chi connectivity index (χ1v) is 11.3. The van der Waals surface area contributed by atoms with Gasteiger partial charge in [0.15, 0.2) is 5.15 Å². The van der Waals surface area contributed by atoms with E-state index in [4.69, 9.17) is 17.3 Å². The van der Waals surface area contributed by atoms with Crippen molar-refractivity contribution in [2.24, 2.45) is 5.73 Å². The standard InChI is InChI=1S/C22H28ClN7O2/c1-2-15-13-25-18(26-22(15)32)12-16(24)14-28-8-10-29(11-9-28)17-5-6-19(27-21(17)23)30-7-3-4-20(30)31/h5-6,12-13H,2-4,7-11,14,24H2,1H3,(H,25,26,32)/b16-12-. The number of H-pyrrole nitrogens is 1. The highest BCUT2D eigenvalue weighted by Gasteiger charge is 2.25. The molecule has 0 spiro atoms. The van der Waals surface area contributed by atoms with Gasteiger partial charge in [0.25, 0.3) is 5.56 Å². The molecule has 170 valence electrons. The maximum atomic E-state index is 11.9. The second kappa shape index (κ2) is 9.70. The van der Waals surface area contributed by atoms with Gasteiger partial charge in [0, 0.05) is 69.2 Å². The van der Waals surface area contributed by atoms with Crippen LogP contribution < -0.4 is 21.1 Å². The minimum atomic E-state index is -0.124. The minimum Gasteiger partial charge on any atom is -0.401 e. The summed E-state index contributed by atoms with van der Waals surface area (Å²) >= 11 is 6.46. The van der Waals surface area contributed by atoms with Crippen molar-refractivity contribution >= 4 is 35.1 Å². The van der Waals surface area contributed by atoms with Gasteiger partial charge in [-0.15, -0.1) is 0 Å². The summed E-state index contributed by atoms with van der Waals surface area (Å²) in [6.45, 7) is 6.41. The van der Waals surface area contributed by atoms with E-state index in [9.17, 15) is 9.59 Å². The van der Waals surface area contributed by atoms with E-state index in [1.807, 2.05) is 19.1 Å². The fourth-order valence-electron chi connectivity index (χ4n) is 4.08. The molecule has 10 heteroatoms. The van der Waals surface area contributed by atoms with Gasteiger partial charge in [-0.1, -0.05) is 18.5 Å². The van der Waals surface area contributed by atoms with Gasteiger partial charge in [-0.3, -0.25) is 19.4 Å². The fraction of sp³-hybridized carbons (Fsp3) is 0.455. The van der Waals surface area contributed by atoms with E-state index in [-0.39, 0.29) is 11.5 Å². The first kappa shape index (κ1) is 22.3. The molecule has 4 heterocycles. The number of nitrogens with zero attached hydrogens (tertiary/aromatic N) is 5. The van der Waals surface area contributed by atoms with Crippen LogP contribution in [0.5, 0.6) is 0 Å². The number of aryl methyl sites for hydroxylation is 1. The molecule has 0 aromatic carbocycles. The highest BCUT2D eigenvalue weighted by molar-refractivity contribution is 6.32. The van der Waals surface area contributed by atoms with Crippen molar-refractivity contribution < 1.29 is 4.79 Å². The van der Waals surface area contributed by atoms with E-state index in [2.05, 4.69) is 24.8 Å². The molecule has 9 nitrogen and oxygen atoms in total. The van der Waals surface area contributed by atoms with Crippen LogP contribution in [0.25, 0.3) is 6.08 Å². The number of carbonyl (C=O) groups excluding carboxylic acids is 1. The Morgan fingerprint density at radius 1 is 1.22 bits per heavy atom. The maximum Gasteiger partial charge on any atom is 0.254 e. The van der Waals surface area contributed by atoms with E-state index in [1.165, 1.54) is 0 Å². The number of hydrogen-bond donors (Lipinski definition) is 2. The lowest BCUT2D eigenvalue weighted by Crippen LogP contribution is -2.47. The Morgan fingerprint density at radius 3 is 2.62 bits per heavy atom. The molecule has 2 aromatic rings. The normalized spacial score (nSPS) is 17.9. The Hall–Kier alpha value is -2.91. The summed E-state index contributed by atoms with van der Waals surface area (Å²) in [5.41, 5.74) is 8.25. The summed E-state index contributed by atoms with van der Waals surface area (Å²) in [6, 6.07) is 3.82. The van der Waals surface area contributed by atoms with Gasteiger partial charge in [0.05, 0.1) is 5.69 Å². The lowest BCUT2D eigenvalue weighted by Gasteiger charge is -2.36. The van der Waals surface area contributed by atoms with Crippen LogP contribution >= 0.6 is 11.6 Å². The summed E-state index contributed by atoms with van der Waals surface area (Å²) in [5.74, 6) is 1.19. The molecule has 0 aliphatic carbocycles. The van der Waals surface area contributed by atoms with Gasteiger partial charge in [-0.2, -0.15) is 0 Å². The third-order valence-electron chi connectivity index (χ3n) is 5.88. The molecule has 3 N–H and O–H groups in total. The van der Waals surface area contributed by atoms with Crippen LogP contribution in [0, 0.1) is 0 Å². The number of halogens is 1. The average Bonchev–Trinajstić information content (AvgIpc) is 3.20. The van der Waals surface area contributed by atoms with Crippen LogP contribution in [-0.2, 0) is 11.2 Å². The first-order chi connectivity index (χ1) is 15.4. The highest BCUT2D eigenvalue weighted by Crippen LogP contribution is 2.29. The number of carbonyl (C=O) groups is 1. The Labute approximate surface area is 191 Å². The average molecular weight is 458 g/mol. The smallest absolute Gasteiger partial charge is 0.254 e. The molecule has 2 aromatic heterocycles. The quantitative estimate of drug-likeness (QED) is 0.634. The van der Waals surface area contributed by atoms with Crippen LogP contribution in [0.2, 0.25) is 5.15 Å². The monoisotopic (exact) mass is 457 g/mol. The summed E-state index contributed by atoms with van der Waals surface area (Å²) in [4.78, 5) is 41.5. The number of amides is 1. The lowest BCUT2D eigenvalue weighted by molar-refractivity contribution is -0.117. The molecule has 2 saturated heterocycles. The fourth-order valence-corrected chi connectivity index (χ4v) is 4.35. The van der Waals surface area contributed by atoms with Gasteiger partial charge in [-0.25, -0.2) is 9.97 Å².